The smallest absolute Gasteiger partial charge is 0.398 e. The van der Waals surface area contributed by atoms with E-state index < -0.39 is 11.7 Å². The quantitative estimate of drug-likeness (QED) is 0.819. The average molecular weight is 284 g/mol. The number of fused-ring (bicyclic) bond motifs is 1. The Labute approximate surface area is 114 Å². The van der Waals surface area contributed by atoms with Crippen molar-refractivity contribution in [1.82, 2.24) is 0 Å². The van der Waals surface area contributed by atoms with Crippen LogP contribution >= 0.6 is 0 Å². The van der Waals surface area contributed by atoms with Gasteiger partial charge in [0.15, 0.2) is 0 Å². The molecule has 0 saturated heterocycles. The lowest BCUT2D eigenvalue weighted by Crippen LogP contribution is -2.17. The molecule has 0 aliphatic heterocycles. The van der Waals surface area contributed by atoms with Gasteiger partial charge >= 0.3 is 6.18 Å². The molecule has 6 heteroatoms. The van der Waals surface area contributed by atoms with Gasteiger partial charge in [0.2, 0.25) is 5.91 Å². The highest BCUT2D eigenvalue weighted by atomic mass is 19.4. The second kappa shape index (κ2) is 4.40. The molecule has 108 valence electrons. The molecule has 3 nitrogen and oxygen atoms in total. The minimum atomic E-state index is -4.51. The molecule has 2 atom stereocenters. The van der Waals surface area contributed by atoms with E-state index in [-0.39, 0.29) is 23.2 Å². The number of hydrogen-bond donors (Lipinski definition) is 2. The molecule has 2 fully saturated rings. The van der Waals surface area contributed by atoms with E-state index in [9.17, 15) is 18.0 Å². The summed E-state index contributed by atoms with van der Waals surface area (Å²) in [6.07, 6.45) is -1.25. The second-order valence-electron chi connectivity index (χ2n) is 5.57. The molecule has 0 radical (unpaired) electrons. The number of halogens is 3. The fourth-order valence-corrected chi connectivity index (χ4v) is 3.32. The highest BCUT2D eigenvalue weighted by Gasteiger charge is 2.56. The van der Waals surface area contributed by atoms with Crippen molar-refractivity contribution in [3.8, 4) is 0 Å². The summed E-state index contributed by atoms with van der Waals surface area (Å²) >= 11 is 0. The highest BCUT2D eigenvalue weighted by Crippen LogP contribution is 2.57. The van der Waals surface area contributed by atoms with Crippen LogP contribution in [0.25, 0.3) is 0 Å². The van der Waals surface area contributed by atoms with Crippen LogP contribution in [-0.4, -0.2) is 5.91 Å². The van der Waals surface area contributed by atoms with Crippen molar-refractivity contribution >= 4 is 17.3 Å². The predicted molar refractivity (Wildman–Crippen MR) is 68.8 cm³/mol. The van der Waals surface area contributed by atoms with Crippen LogP contribution < -0.4 is 11.1 Å². The maximum Gasteiger partial charge on any atom is 0.418 e. The summed E-state index contributed by atoms with van der Waals surface area (Å²) in [7, 11) is 0. The number of amides is 1. The van der Waals surface area contributed by atoms with Crippen molar-refractivity contribution in [2.75, 3.05) is 11.1 Å². The maximum atomic E-state index is 12.7. The number of anilines is 2. The summed E-state index contributed by atoms with van der Waals surface area (Å²) < 4.78 is 38.2. The summed E-state index contributed by atoms with van der Waals surface area (Å²) in [6.45, 7) is 0. The molecule has 0 spiro atoms. The molecule has 2 saturated carbocycles. The van der Waals surface area contributed by atoms with Gasteiger partial charge in [0.25, 0.3) is 0 Å². The van der Waals surface area contributed by atoms with E-state index in [2.05, 4.69) is 5.32 Å². The van der Waals surface area contributed by atoms with E-state index in [4.69, 9.17) is 5.73 Å². The van der Waals surface area contributed by atoms with Crippen LogP contribution in [0.15, 0.2) is 18.2 Å². The van der Waals surface area contributed by atoms with Gasteiger partial charge in [-0.1, -0.05) is 6.42 Å². The first kappa shape index (κ1) is 13.3. The van der Waals surface area contributed by atoms with Crippen molar-refractivity contribution in [1.29, 1.82) is 0 Å². The van der Waals surface area contributed by atoms with E-state index in [1.54, 1.807) is 0 Å². The number of carbonyl (C=O) groups excluding carboxylic acids is 1. The number of rotatable bonds is 2. The van der Waals surface area contributed by atoms with Crippen LogP contribution in [-0.2, 0) is 11.0 Å². The molecule has 1 amide bonds. The number of nitrogen functional groups attached to an aromatic ring is 1. The number of nitrogens with two attached hydrogens (primary N) is 1. The molecular formula is C14H15F3N2O. The molecule has 20 heavy (non-hydrogen) atoms. The first-order valence-electron chi connectivity index (χ1n) is 6.65. The predicted octanol–water partition coefficient (Wildman–Crippen LogP) is 3.27. The Morgan fingerprint density at radius 3 is 2.50 bits per heavy atom. The summed E-state index contributed by atoms with van der Waals surface area (Å²) in [5.41, 5.74) is 4.23. The maximum absolute atomic E-state index is 12.7. The zero-order valence-electron chi connectivity index (χ0n) is 10.7. The first-order chi connectivity index (χ1) is 9.38. The lowest BCUT2D eigenvalue weighted by molar-refractivity contribution is -0.137. The zero-order valence-corrected chi connectivity index (χ0v) is 10.7. The molecule has 2 aliphatic rings. The Kier molecular flexibility index (Phi) is 2.92. The van der Waals surface area contributed by atoms with E-state index in [0.29, 0.717) is 11.8 Å². The number of hydrogen-bond acceptors (Lipinski definition) is 2. The van der Waals surface area contributed by atoms with Gasteiger partial charge in [-0.3, -0.25) is 4.79 Å². The molecule has 3 rings (SSSR count). The van der Waals surface area contributed by atoms with Crippen molar-refractivity contribution in [3.05, 3.63) is 23.8 Å². The third-order valence-electron chi connectivity index (χ3n) is 4.34. The van der Waals surface area contributed by atoms with Gasteiger partial charge in [-0.05, 0) is 42.9 Å². The topological polar surface area (TPSA) is 55.1 Å². The van der Waals surface area contributed by atoms with Crippen molar-refractivity contribution in [2.24, 2.45) is 17.8 Å². The van der Waals surface area contributed by atoms with E-state index in [0.717, 1.165) is 25.3 Å². The third kappa shape index (κ3) is 2.23. The summed E-state index contributed by atoms with van der Waals surface area (Å²) in [5.74, 6) is 0.685. The molecule has 2 unspecified atom stereocenters. The second-order valence-corrected chi connectivity index (χ2v) is 5.57. The SMILES string of the molecule is Nc1ccc(NC(=O)C2C3CCCC32)cc1C(F)(F)F. The molecule has 0 aromatic heterocycles. The van der Waals surface area contributed by atoms with Gasteiger partial charge in [-0.25, -0.2) is 0 Å². The normalized spacial score (nSPS) is 28.1. The van der Waals surface area contributed by atoms with Gasteiger partial charge in [0, 0.05) is 17.3 Å². The number of benzene rings is 1. The standard InChI is InChI=1S/C14H15F3N2O/c15-14(16,17)10-6-7(4-5-11(10)18)19-13(20)12-8-2-1-3-9(8)12/h4-6,8-9,12H,1-3,18H2,(H,19,20). The number of carbonyl (C=O) groups is 1. The minimum Gasteiger partial charge on any atom is -0.398 e. The zero-order chi connectivity index (χ0) is 14.5. The van der Waals surface area contributed by atoms with Crippen LogP contribution in [0.5, 0.6) is 0 Å². The largest absolute Gasteiger partial charge is 0.418 e. The minimum absolute atomic E-state index is 0.0179. The fraction of sp³-hybridized carbons (Fsp3) is 0.500. The summed E-state index contributed by atoms with van der Waals surface area (Å²) in [6, 6.07) is 3.47. The van der Waals surface area contributed by atoms with E-state index >= 15 is 0 Å². The Morgan fingerprint density at radius 2 is 1.90 bits per heavy atom. The molecule has 1 aromatic rings. The van der Waals surface area contributed by atoms with Crippen molar-refractivity contribution in [3.63, 3.8) is 0 Å². The average Bonchev–Trinajstić information content (AvgIpc) is 2.84. The van der Waals surface area contributed by atoms with Gasteiger partial charge in [-0.2, -0.15) is 13.2 Å². The Hall–Kier alpha value is -1.72. The molecule has 2 aliphatic carbocycles. The highest BCUT2D eigenvalue weighted by molar-refractivity contribution is 5.95. The molecule has 1 aromatic carbocycles. The van der Waals surface area contributed by atoms with Crippen LogP contribution in [0, 0.1) is 17.8 Å². The molecular weight excluding hydrogens is 269 g/mol. The monoisotopic (exact) mass is 284 g/mol. The van der Waals surface area contributed by atoms with Crippen LogP contribution in [0.3, 0.4) is 0 Å². The van der Waals surface area contributed by atoms with Gasteiger partial charge in [0.1, 0.15) is 0 Å². The van der Waals surface area contributed by atoms with Crippen LogP contribution in [0.4, 0.5) is 24.5 Å². The molecule has 0 bridgehead atoms. The molecule has 0 heterocycles. The van der Waals surface area contributed by atoms with Crippen molar-refractivity contribution in [2.45, 2.75) is 25.4 Å². The fourth-order valence-electron chi connectivity index (χ4n) is 3.32. The number of nitrogens with one attached hydrogen (secondary N) is 1. The van der Waals surface area contributed by atoms with E-state index in [1.165, 1.54) is 12.1 Å². The van der Waals surface area contributed by atoms with Gasteiger partial charge < -0.3 is 11.1 Å². The first-order valence-corrected chi connectivity index (χ1v) is 6.65. The summed E-state index contributed by atoms with van der Waals surface area (Å²) in [5, 5.41) is 2.58. The number of alkyl halides is 3. The Balaban J connectivity index is 1.73. The lowest BCUT2D eigenvalue weighted by atomic mass is 10.1. The van der Waals surface area contributed by atoms with E-state index in [1.807, 2.05) is 0 Å². The Bertz CT molecular complexity index is 546. The third-order valence-corrected chi connectivity index (χ3v) is 4.34. The van der Waals surface area contributed by atoms with Gasteiger partial charge in [0.05, 0.1) is 5.56 Å². The van der Waals surface area contributed by atoms with Crippen LogP contribution in [0.1, 0.15) is 24.8 Å². The Morgan fingerprint density at radius 1 is 1.25 bits per heavy atom. The van der Waals surface area contributed by atoms with Crippen molar-refractivity contribution < 1.29 is 18.0 Å². The molecule has 3 N–H and O–H groups in total. The van der Waals surface area contributed by atoms with Gasteiger partial charge in [-0.15, -0.1) is 0 Å². The van der Waals surface area contributed by atoms with Crippen LogP contribution in [0.2, 0.25) is 0 Å². The summed E-state index contributed by atoms with van der Waals surface area (Å²) in [4.78, 5) is 12.0. The lowest BCUT2D eigenvalue weighted by Gasteiger charge is -2.13.